The van der Waals surface area contributed by atoms with E-state index in [9.17, 15) is 0 Å². The molecule has 10 rings (SSSR count). The van der Waals surface area contributed by atoms with Gasteiger partial charge in [-0.25, -0.2) is 0 Å². The zero-order chi connectivity index (χ0) is 30.2. The molecule has 0 saturated carbocycles. The Labute approximate surface area is 271 Å². The molecule has 2 heterocycles. The van der Waals surface area contributed by atoms with Crippen LogP contribution in [0.5, 0.6) is 0 Å². The Morgan fingerprint density at radius 1 is 0.522 bits per heavy atom. The van der Waals surface area contributed by atoms with Gasteiger partial charge in [-0.3, -0.25) is 0 Å². The first-order valence-corrected chi connectivity index (χ1v) is 16.9. The molecule has 2 heteroatoms. The van der Waals surface area contributed by atoms with Gasteiger partial charge < -0.3 is 4.57 Å². The largest absolute Gasteiger partial charge is 0.308 e. The van der Waals surface area contributed by atoms with Crippen LogP contribution in [0.15, 0.2) is 158 Å². The SMILES string of the molecule is c1ccc(CC2c3ccccc3-c3cc(-c4cc5c6ccccc6sc5c5c4c4ccccc4n5-c4ccccc4)ccc32)cc1. The average molecular weight is 604 g/mol. The second-order valence-corrected chi connectivity index (χ2v) is 13.5. The highest BCUT2D eigenvalue weighted by Gasteiger charge is 2.29. The highest BCUT2D eigenvalue weighted by molar-refractivity contribution is 7.26. The molecule has 0 saturated heterocycles. The molecule has 0 bridgehead atoms. The van der Waals surface area contributed by atoms with Crippen LogP contribution in [0.2, 0.25) is 0 Å². The summed E-state index contributed by atoms with van der Waals surface area (Å²) < 4.78 is 5.16. The molecule has 0 N–H and O–H groups in total. The van der Waals surface area contributed by atoms with Crippen molar-refractivity contribution in [2.45, 2.75) is 12.3 Å². The molecule has 0 radical (unpaired) electrons. The first-order valence-electron chi connectivity index (χ1n) is 16.0. The van der Waals surface area contributed by atoms with Gasteiger partial charge in [-0.1, -0.05) is 121 Å². The molecule has 216 valence electrons. The van der Waals surface area contributed by atoms with E-state index in [1.807, 2.05) is 11.3 Å². The zero-order valence-electron chi connectivity index (χ0n) is 25.2. The van der Waals surface area contributed by atoms with E-state index in [2.05, 4.69) is 162 Å². The van der Waals surface area contributed by atoms with Crippen LogP contribution in [0, 0.1) is 0 Å². The maximum Gasteiger partial charge on any atom is 0.0726 e. The van der Waals surface area contributed by atoms with E-state index in [0.29, 0.717) is 5.92 Å². The zero-order valence-corrected chi connectivity index (χ0v) is 26.0. The van der Waals surface area contributed by atoms with E-state index in [1.165, 1.54) is 86.6 Å². The van der Waals surface area contributed by atoms with Gasteiger partial charge >= 0.3 is 0 Å². The smallest absolute Gasteiger partial charge is 0.0726 e. The molecular formula is C44H29NS. The highest BCUT2D eigenvalue weighted by Crippen LogP contribution is 2.50. The lowest BCUT2D eigenvalue weighted by Crippen LogP contribution is -2.01. The number of fused-ring (bicyclic) bond motifs is 10. The van der Waals surface area contributed by atoms with Crippen molar-refractivity contribution in [3.8, 4) is 27.9 Å². The molecule has 0 aliphatic heterocycles. The molecule has 1 aliphatic carbocycles. The van der Waals surface area contributed by atoms with Crippen molar-refractivity contribution in [3.63, 3.8) is 0 Å². The van der Waals surface area contributed by atoms with Gasteiger partial charge in [-0.2, -0.15) is 0 Å². The predicted molar refractivity (Wildman–Crippen MR) is 197 cm³/mol. The molecular weight excluding hydrogens is 575 g/mol. The number of benzene rings is 7. The Hall–Kier alpha value is -5.44. The molecule has 0 amide bonds. The summed E-state index contributed by atoms with van der Waals surface area (Å²) >= 11 is 1.91. The lowest BCUT2D eigenvalue weighted by atomic mass is 9.89. The van der Waals surface area contributed by atoms with Gasteiger partial charge in [0.2, 0.25) is 0 Å². The normalized spacial score (nSPS) is 14.0. The lowest BCUT2D eigenvalue weighted by molar-refractivity contribution is 0.827. The van der Waals surface area contributed by atoms with Crippen LogP contribution < -0.4 is 0 Å². The van der Waals surface area contributed by atoms with Crippen LogP contribution in [0.1, 0.15) is 22.6 Å². The fourth-order valence-electron chi connectivity index (χ4n) is 7.95. The second-order valence-electron chi connectivity index (χ2n) is 12.4. The van der Waals surface area contributed by atoms with Gasteiger partial charge in [0.15, 0.2) is 0 Å². The van der Waals surface area contributed by atoms with Crippen LogP contribution in [-0.2, 0) is 6.42 Å². The summed E-state index contributed by atoms with van der Waals surface area (Å²) in [5, 5.41) is 5.26. The number of hydrogen-bond acceptors (Lipinski definition) is 1. The first-order chi connectivity index (χ1) is 22.8. The van der Waals surface area contributed by atoms with Gasteiger partial charge in [0.1, 0.15) is 0 Å². The number of hydrogen-bond donors (Lipinski definition) is 0. The number of rotatable bonds is 4. The molecule has 1 nitrogen and oxygen atoms in total. The lowest BCUT2D eigenvalue weighted by Gasteiger charge is -2.15. The van der Waals surface area contributed by atoms with Crippen molar-refractivity contribution < 1.29 is 0 Å². The number of para-hydroxylation sites is 2. The van der Waals surface area contributed by atoms with E-state index in [-0.39, 0.29) is 0 Å². The standard InChI is InChI=1S/C44H29NS/c1-3-13-28(14-4-1)25-37-31-17-7-8-18-32(31)38-26-29(23-24-33(37)38)36-27-39-34-19-10-12-22-41(34)46-44(39)43-42(36)35-20-9-11-21-40(35)45(43)30-15-5-2-6-16-30/h1-24,26-27,37H,25H2. The third-order valence-electron chi connectivity index (χ3n) is 9.94. The van der Waals surface area contributed by atoms with E-state index in [4.69, 9.17) is 0 Å². The average Bonchev–Trinajstić information content (AvgIpc) is 3.77. The van der Waals surface area contributed by atoms with E-state index in [1.54, 1.807) is 0 Å². The molecule has 9 aromatic rings. The van der Waals surface area contributed by atoms with E-state index in [0.717, 1.165) is 6.42 Å². The molecule has 2 aromatic heterocycles. The topological polar surface area (TPSA) is 4.93 Å². The minimum Gasteiger partial charge on any atom is -0.308 e. The summed E-state index contributed by atoms with van der Waals surface area (Å²) in [6.45, 7) is 0. The van der Waals surface area contributed by atoms with Crippen molar-refractivity contribution in [2.24, 2.45) is 0 Å². The Balaban J connectivity index is 1.29. The predicted octanol–water partition coefficient (Wildman–Crippen LogP) is 12.2. The maximum absolute atomic E-state index is 2.49. The molecule has 1 atom stereocenters. The van der Waals surface area contributed by atoms with E-state index < -0.39 is 0 Å². The maximum atomic E-state index is 2.49. The molecule has 1 unspecified atom stereocenters. The first kappa shape index (κ1) is 25.8. The number of aromatic nitrogens is 1. The molecule has 7 aromatic carbocycles. The van der Waals surface area contributed by atoms with Crippen molar-refractivity contribution in [1.29, 1.82) is 0 Å². The third-order valence-corrected chi connectivity index (χ3v) is 11.1. The summed E-state index contributed by atoms with van der Waals surface area (Å²) in [5.74, 6) is 0.353. The number of thiophene rings is 1. The number of nitrogens with zero attached hydrogens (tertiary/aromatic N) is 1. The minimum atomic E-state index is 0.353. The van der Waals surface area contributed by atoms with Crippen molar-refractivity contribution in [1.82, 2.24) is 4.57 Å². The van der Waals surface area contributed by atoms with Crippen LogP contribution in [0.3, 0.4) is 0 Å². The van der Waals surface area contributed by atoms with Gasteiger partial charge in [0.05, 0.1) is 15.7 Å². The summed E-state index contributed by atoms with van der Waals surface area (Å²) in [7, 11) is 0. The fraction of sp³-hybridized carbons (Fsp3) is 0.0455. The summed E-state index contributed by atoms with van der Waals surface area (Å²) in [4.78, 5) is 0. The summed E-state index contributed by atoms with van der Waals surface area (Å²) in [6.07, 6.45) is 1.01. The molecule has 46 heavy (non-hydrogen) atoms. The molecule has 0 fully saturated rings. The summed E-state index contributed by atoms with van der Waals surface area (Å²) in [6, 6.07) is 58.4. The van der Waals surface area contributed by atoms with E-state index >= 15 is 0 Å². The Bertz CT molecular complexity index is 2610. The van der Waals surface area contributed by atoms with Crippen LogP contribution in [0.25, 0.3) is 69.9 Å². The molecule has 0 spiro atoms. The third kappa shape index (κ3) is 3.74. The van der Waals surface area contributed by atoms with Crippen LogP contribution in [-0.4, -0.2) is 4.57 Å². The quantitative estimate of drug-likeness (QED) is 0.189. The summed E-state index contributed by atoms with van der Waals surface area (Å²) in [5.41, 5.74) is 13.3. The molecule has 1 aliphatic rings. The monoisotopic (exact) mass is 603 g/mol. The van der Waals surface area contributed by atoms with Gasteiger partial charge in [0.25, 0.3) is 0 Å². The Kier molecular flexibility index (Phi) is 5.64. The Morgan fingerprint density at radius 2 is 1.22 bits per heavy atom. The van der Waals surface area contributed by atoms with Crippen molar-refractivity contribution in [3.05, 3.63) is 174 Å². The van der Waals surface area contributed by atoms with Gasteiger partial charge in [-0.15, -0.1) is 11.3 Å². The fourth-order valence-corrected chi connectivity index (χ4v) is 9.17. The highest BCUT2D eigenvalue weighted by atomic mass is 32.1. The minimum absolute atomic E-state index is 0.353. The van der Waals surface area contributed by atoms with Crippen LogP contribution in [0.4, 0.5) is 0 Å². The van der Waals surface area contributed by atoms with Crippen molar-refractivity contribution in [2.75, 3.05) is 0 Å². The van der Waals surface area contributed by atoms with Gasteiger partial charge in [0, 0.05) is 37.9 Å². The second kappa shape index (κ2) is 10.0. The van der Waals surface area contributed by atoms with Crippen molar-refractivity contribution >= 4 is 53.3 Å². The van der Waals surface area contributed by atoms with Crippen LogP contribution >= 0.6 is 11.3 Å². The Morgan fingerprint density at radius 3 is 2.09 bits per heavy atom. The van der Waals surface area contributed by atoms with Gasteiger partial charge in [-0.05, 0) is 81.8 Å².